The average molecular weight is 368 g/mol. The molecule has 2 rings (SSSR count). The SMILES string of the molecule is N#Cc1ccc(COC(=O)CCNS(=O)(=O)c2cccs2)c(F)c1. The Morgan fingerprint density at radius 3 is 2.79 bits per heavy atom. The van der Waals surface area contributed by atoms with E-state index >= 15 is 0 Å². The molecule has 126 valence electrons. The van der Waals surface area contributed by atoms with E-state index in [0.717, 1.165) is 17.4 Å². The van der Waals surface area contributed by atoms with Gasteiger partial charge >= 0.3 is 5.97 Å². The fourth-order valence-corrected chi connectivity index (χ4v) is 3.81. The highest BCUT2D eigenvalue weighted by atomic mass is 32.2. The van der Waals surface area contributed by atoms with Crippen LogP contribution in [0, 0.1) is 17.1 Å². The van der Waals surface area contributed by atoms with E-state index in [0.29, 0.717) is 0 Å². The van der Waals surface area contributed by atoms with Crippen LogP contribution in [0.15, 0.2) is 39.9 Å². The Morgan fingerprint density at radius 1 is 1.38 bits per heavy atom. The molecule has 0 radical (unpaired) electrons. The number of ether oxygens (including phenoxy) is 1. The van der Waals surface area contributed by atoms with Gasteiger partial charge in [0.05, 0.1) is 18.1 Å². The van der Waals surface area contributed by atoms with Gasteiger partial charge in [0.25, 0.3) is 0 Å². The highest BCUT2D eigenvalue weighted by molar-refractivity contribution is 7.91. The van der Waals surface area contributed by atoms with Gasteiger partial charge < -0.3 is 4.74 Å². The molecule has 0 aliphatic rings. The third kappa shape index (κ3) is 4.86. The lowest BCUT2D eigenvalue weighted by atomic mass is 10.1. The number of carbonyl (C=O) groups is 1. The van der Waals surface area contributed by atoms with E-state index in [2.05, 4.69) is 4.72 Å². The van der Waals surface area contributed by atoms with Crippen LogP contribution in [-0.2, 0) is 26.2 Å². The molecule has 0 bridgehead atoms. The van der Waals surface area contributed by atoms with Crippen molar-refractivity contribution in [2.24, 2.45) is 0 Å². The van der Waals surface area contributed by atoms with Crippen molar-refractivity contribution >= 4 is 27.3 Å². The number of nitrogens with zero attached hydrogens (tertiary/aromatic N) is 1. The molecule has 0 unspecified atom stereocenters. The lowest BCUT2D eigenvalue weighted by Crippen LogP contribution is -2.26. The molecule has 0 saturated carbocycles. The Balaban J connectivity index is 1.79. The van der Waals surface area contributed by atoms with Crippen molar-refractivity contribution in [3.63, 3.8) is 0 Å². The molecule has 0 saturated heterocycles. The molecule has 1 aromatic heterocycles. The monoisotopic (exact) mass is 368 g/mol. The van der Waals surface area contributed by atoms with Gasteiger partial charge in [-0.1, -0.05) is 12.1 Å². The number of esters is 1. The molecule has 0 spiro atoms. The lowest BCUT2D eigenvalue weighted by Gasteiger charge is -2.07. The molecule has 0 atom stereocenters. The van der Waals surface area contributed by atoms with Crippen LogP contribution >= 0.6 is 11.3 Å². The summed E-state index contributed by atoms with van der Waals surface area (Å²) in [6, 6.07) is 8.70. The van der Waals surface area contributed by atoms with Crippen LogP contribution < -0.4 is 4.72 Å². The lowest BCUT2D eigenvalue weighted by molar-refractivity contribution is -0.144. The van der Waals surface area contributed by atoms with Gasteiger partial charge in [0.1, 0.15) is 16.6 Å². The molecule has 1 aromatic carbocycles. The maximum atomic E-state index is 13.6. The Bertz CT molecular complexity index is 858. The highest BCUT2D eigenvalue weighted by Gasteiger charge is 2.15. The molecule has 0 amide bonds. The first-order valence-corrected chi connectivity index (χ1v) is 9.16. The smallest absolute Gasteiger partial charge is 0.307 e. The number of nitrogens with one attached hydrogen (secondary N) is 1. The van der Waals surface area contributed by atoms with Crippen LogP contribution in [0.2, 0.25) is 0 Å². The second kappa shape index (κ2) is 8.01. The van der Waals surface area contributed by atoms with Crippen molar-refractivity contribution in [3.05, 3.63) is 52.7 Å². The first-order valence-electron chi connectivity index (χ1n) is 6.79. The molecule has 0 aliphatic carbocycles. The Labute approximate surface area is 142 Å². The van der Waals surface area contributed by atoms with Gasteiger partial charge in [-0.2, -0.15) is 5.26 Å². The summed E-state index contributed by atoms with van der Waals surface area (Å²) >= 11 is 1.07. The van der Waals surface area contributed by atoms with Crippen LogP contribution in [0.25, 0.3) is 0 Å². The zero-order valence-corrected chi connectivity index (χ0v) is 14.0. The first-order chi connectivity index (χ1) is 11.4. The largest absolute Gasteiger partial charge is 0.461 e. The Kier molecular flexibility index (Phi) is 6.03. The fraction of sp³-hybridized carbons (Fsp3) is 0.200. The van der Waals surface area contributed by atoms with E-state index in [9.17, 15) is 17.6 Å². The summed E-state index contributed by atoms with van der Waals surface area (Å²) in [6.07, 6.45) is -0.178. The van der Waals surface area contributed by atoms with E-state index in [1.54, 1.807) is 17.5 Å². The predicted molar refractivity (Wildman–Crippen MR) is 85.0 cm³/mol. The van der Waals surface area contributed by atoms with Crippen molar-refractivity contribution < 1.29 is 22.3 Å². The maximum absolute atomic E-state index is 13.6. The molecule has 1 N–H and O–H groups in total. The van der Waals surface area contributed by atoms with Crippen LogP contribution in [-0.4, -0.2) is 20.9 Å². The van der Waals surface area contributed by atoms with Crippen LogP contribution in [0.5, 0.6) is 0 Å². The van der Waals surface area contributed by atoms with Crippen molar-refractivity contribution in [1.82, 2.24) is 4.72 Å². The quantitative estimate of drug-likeness (QED) is 0.756. The minimum absolute atomic E-state index is 0.116. The summed E-state index contributed by atoms with van der Waals surface area (Å²) in [7, 11) is -3.62. The van der Waals surface area contributed by atoms with Crippen molar-refractivity contribution in [2.45, 2.75) is 17.2 Å². The topological polar surface area (TPSA) is 96.3 Å². The van der Waals surface area contributed by atoms with Gasteiger partial charge in [-0.3, -0.25) is 4.79 Å². The second-order valence-corrected chi connectivity index (χ2v) is 7.60. The minimum atomic E-state index is -3.62. The molecular weight excluding hydrogens is 355 g/mol. The van der Waals surface area contributed by atoms with Crippen molar-refractivity contribution in [2.75, 3.05) is 6.54 Å². The summed E-state index contributed by atoms with van der Waals surface area (Å²) in [5.74, 6) is -1.30. The van der Waals surface area contributed by atoms with Gasteiger partial charge in [-0.25, -0.2) is 17.5 Å². The molecule has 0 fully saturated rings. The zero-order chi connectivity index (χ0) is 17.6. The molecule has 6 nitrogen and oxygen atoms in total. The second-order valence-electron chi connectivity index (χ2n) is 4.66. The number of halogens is 1. The molecule has 2 aromatic rings. The molecule has 9 heteroatoms. The highest BCUT2D eigenvalue weighted by Crippen LogP contribution is 2.15. The third-order valence-corrected chi connectivity index (χ3v) is 5.81. The van der Waals surface area contributed by atoms with Gasteiger partial charge in [0.15, 0.2) is 0 Å². The number of thiophene rings is 1. The number of hydrogen-bond donors (Lipinski definition) is 1. The average Bonchev–Trinajstić information content (AvgIpc) is 3.09. The molecule has 1 heterocycles. The van der Waals surface area contributed by atoms with E-state index < -0.39 is 21.8 Å². The number of benzene rings is 1. The number of rotatable bonds is 7. The van der Waals surface area contributed by atoms with Crippen LogP contribution in [0.1, 0.15) is 17.5 Å². The zero-order valence-electron chi connectivity index (χ0n) is 12.4. The Hall–Kier alpha value is -2.28. The van der Waals surface area contributed by atoms with Crippen molar-refractivity contribution in [3.8, 4) is 6.07 Å². The summed E-state index contributed by atoms with van der Waals surface area (Å²) in [6.45, 7) is -0.400. The van der Waals surface area contributed by atoms with E-state index in [4.69, 9.17) is 10.00 Å². The van der Waals surface area contributed by atoms with Crippen LogP contribution in [0.3, 0.4) is 0 Å². The first kappa shape index (κ1) is 18.1. The molecule has 24 heavy (non-hydrogen) atoms. The summed E-state index contributed by atoms with van der Waals surface area (Å²) in [5, 5.41) is 10.3. The van der Waals surface area contributed by atoms with Gasteiger partial charge in [-0.05, 0) is 23.6 Å². The van der Waals surface area contributed by atoms with E-state index in [1.807, 2.05) is 0 Å². The predicted octanol–water partition coefficient (Wildman–Crippen LogP) is 2.17. The van der Waals surface area contributed by atoms with Gasteiger partial charge in [0.2, 0.25) is 10.0 Å². The molecule has 0 aliphatic heterocycles. The summed E-state index contributed by atoms with van der Waals surface area (Å²) in [5.41, 5.74) is 0.312. The fourth-order valence-electron chi connectivity index (χ4n) is 1.74. The number of sulfonamides is 1. The maximum Gasteiger partial charge on any atom is 0.307 e. The number of nitriles is 1. The number of hydrogen-bond acceptors (Lipinski definition) is 6. The van der Waals surface area contributed by atoms with Gasteiger partial charge in [0, 0.05) is 12.1 Å². The standard InChI is InChI=1S/C15H13FN2O4S2/c16-13-8-11(9-17)3-4-12(13)10-22-14(19)5-6-18-24(20,21)15-2-1-7-23-15/h1-4,7-8,18H,5-6,10H2. The molecular formula is C15H13FN2O4S2. The normalized spacial score (nSPS) is 11.0. The number of carbonyl (C=O) groups excluding carboxylic acids is 1. The summed E-state index contributed by atoms with van der Waals surface area (Å²) < 4.78 is 44.6. The Morgan fingerprint density at radius 2 is 2.17 bits per heavy atom. The van der Waals surface area contributed by atoms with E-state index in [1.165, 1.54) is 18.2 Å². The van der Waals surface area contributed by atoms with Crippen LogP contribution in [0.4, 0.5) is 4.39 Å². The van der Waals surface area contributed by atoms with E-state index in [-0.39, 0.29) is 34.9 Å². The summed E-state index contributed by atoms with van der Waals surface area (Å²) in [4.78, 5) is 11.6. The van der Waals surface area contributed by atoms with Crippen molar-refractivity contribution in [1.29, 1.82) is 5.26 Å². The third-order valence-electron chi connectivity index (χ3n) is 2.95. The van der Waals surface area contributed by atoms with Gasteiger partial charge in [-0.15, -0.1) is 11.3 Å². The minimum Gasteiger partial charge on any atom is -0.461 e.